The molecule has 1 aromatic carbocycles. The molecule has 0 aliphatic heterocycles. The number of methoxy groups -OCH3 is 1. The average molecular weight is 384 g/mol. The predicted octanol–water partition coefficient (Wildman–Crippen LogP) is 3.81. The maximum atomic E-state index is 12.0. The summed E-state index contributed by atoms with van der Waals surface area (Å²) in [4.78, 5) is 23.6. The van der Waals surface area contributed by atoms with Gasteiger partial charge in [-0.1, -0.05) is 0 Å². The largest absolute Gasteiger partial charge is 0.482 e. The molecule has 0 saturated heterocycles. The molecular formula is C21H20O7. The van der Waals surface area contributed by atoms with Gasteiger partial charge in [-0.2, -0.15) is 0 Å². The van der Waals surface area contributed by atoms with Crippen molar-refractivity contribution in [3.8, 4) is 5.75 Å². The van der Waals surface area contributed by atoms with Crippen LogP contribution in [0.4, 0.5) is 0 Å². The Hall–Kier alpha value is -3.22. The molecule has 0 unspecified atom stereocenters. The van der Waals surface area contributed by atoms with Gasteiger partial charge in [0.1, 0.15) is 29.3 Å². The van der Waals surface area contributed by atoms with E-state index < -0.39 is 11.9 Å². The Bertz CT molecular complexity index is 1010. The number of rotatable bonds is 6. The fraction of sp³-hybridized carbons (Fsp3) is 0.333. The van der Waals surface area contributed by atoms with Crippen molar-refractivity contribution in [2.24, 2.45) is 0 Å². The highest BCUT2D eigenvalue weighted by molar-refractivity contribution is 5.90. The van der Waals surface area contributed by atoms with E-state index in [0.717, 1.165) is 42.4 Å². The number of aryl methyl sites for hydroxylation is 2. The lowest BCUT2D eigenvalue weighted by Gasteiger charge is -2.09. The Kier molecular flexibility index (Phi) is 5.06. The lowest BCUT2D eigenvalue weighted by molar-refractivity contribution is -0.147. The van der Waals surface area contributed by atoms with Gasteiger partial charge in [-0.05, 0) is 43.5 Å². The lowest BCUT2D eigenvalue weighted by atomic mass is 9.96. The molecule has 2 aromatic heterocycles. The molecular weight excluding hydrogens is 364 g/mol. The van der Waals surface area contributed by atoms with E-state index in [1.165, 1.54) is 25.0 Å². The van der Waals surface area contributed by atoms with E-state index in [1.807, 2.05) is 12.1 Å². The van der Waals surface area contributed by atoms with Crippen LogP contribution in [-0.4, -0.2) is 25.7 Å². The summed E-state index contributed by atoms with van der Waals surface area (Å²) >= 11 is 0. The van der Waals surface area contributed by atoms with Gasteiger partial charge in [0.05, 0.1) is 13.4 Å². The number of hydrogen-bond acceptors (Lipinski definition) is 7. The van der Waals surface area contributed by atoms with E-state index in [1.54, 1.807) is 6.07 Å². The topological polar surface area (TPSA) is 88.1 Å². The Morgan fingerprint density at radius 1 is 1.14 bits per heavy atom. The number of carbonyl (C=O) groups is 2. The highest BCUT2D eigenvalue weighted by atomic mass is 16.6. The minimum absolute atomic E-state index is 0.173. The zero-order chi connectivity index (χ0) is 19.5. The Morgan fingerprint density at radius 2 is 2.00 bits per heavy atom. The summed E-state index contributed by atoms with van der Waals surface area (Å²) in [5, 5.41) is 1.04. The fourth-order valence-corrected chi connectivity index (χ4v) is 3.41. The molecule has 28 heavy (non-hydrogen) atoms. The number of hydrogen-bond donors (Lipinski definition) is 0. The Morgan fingerprint density at radius 3 is 2.86 bits per heavy atom. The van der Waals surface area contributed by atoms with Crippen LogP contribution < -0.4 is 4.74 Å². The highest BCUT2D eigenvalue weighted by Gasteiger charge is 2.19. The number of carbonyl (C=O) groups excluding carboxylic acids is 2. The van der Waals surface area contributed by atoms with Crippen LogP contribution in [0.5, 0.6) is 5.75 Å². The van der Waals surface area contributed by atoms with Crippen LogP contribution in [0.15, 0.2) is 39.4 Å². The number of ether oxygens (including phenoxy) is 3. The molecule has 0 radical (unpaired) electrons. The van der Waals surface area contributed by atoms with Gasteiger partial charge in [0.2, 0.25) is 0 Å². The normalized spacial score (nSPS) is 13.2. The van der Waals surface area contributed by atoms with Crippen molar-refractivity contribution in [1.29, 1.82) is 0 Å². The zero-order valence-electron chi connectivity index (χ0n) is 15.5. The molecule has 7 heteroatoms. The molecule has 0 fully saturated rings. The monoisotopic (exact) mass is 384 g/mol. The first-order valence-corrected chi connectivity index (χ1v) is 9.13. The number of fused-ring (bicyclic) bond motifs is 3. The van der Waals surface area contributed by atoms with E-state index in [0.29, 0.717) is 5.75 Å². The second-order valence-corrected chi connectivity index (χ2v) is 6.57. The number of benzene rings is 1. The SMILES string of the molecule is COC(=O)c1ccoc1COC(=O)COc1ccc2oc3c(c2c1)CCCC3. The van der Waals surface area contributed by atoms with Crippen LogP contribution in [0.25, 0.3) is 11.0 Å². The van der Waals surface area contributed by atoms with Crippen LogP contribution in [0, 0.1) is 0 Å². The zero-order valence-corrected chi connectivity index (χ0v) is 15.5. The second kappa shape index (κ2) is 7.80. The fourth-order valence-electron chi connectivity index (χ4n) is 3.41. The maximum Gasteiger partial charge on any atom is 0.344 e. The quantitative estimate of drug-likeness (QED) is 0.597. The smallest absolute Gasteiger partial charge is 0.344 e. The van der Waals surface area contributed by atoms with E-state index >= 15 is 0 Å². The predicted molar refractivity (Wildman–Crippen MR) is 98.2 cm³/mol. The van der Waals surface area contributed by atoms with E-state index in [-0.39, 0.29) is 24.5 Å². The molecule has 0 atom stereocenters. The third-order valence-corrected chi connectivity index (χ3v) is 4.80. The summed E-state index contributed by atoms with van der Waals surface area (Å²) in [7, 11) is 1.27. The molecule has 146 valence electrons. The van der Waals surface area contributed by atoms with Crippen LogP contribution >= 0.6 is 0 Å². The lowest BCUT2D eigenvalue weighted by Crippen LogP contribution is -2.15. The number of esters is 2. The molecule has 3 aromatic rings. The molecule has 0 amide bonds. The molecule has 7 nitrogen and oxygen atoms in total. The van der Waals surface area contributed by atoms with Crippen molar-refractivity contribution in [2.75, 3.05) is 13.7 Å². The molecule has 0 bridgehead atoms. The first-order valence-electron chi connectivity index (χ1n) is 9.13. The average Bonchev–Trinajstić information content (AvgIpc) is 3.34. The maximum absolute atomic E-state index is 12.0. The first kappa shape index (κ1) is 18.2. The van der Waals surface area contributed by atoms with Crippen molar-refractivity contribution in [1.82, 2.24) is 0 Å². The summed E-state index contributed by atoms with van der Waals surface area (Å²) in [5.41, 5.74) is 2.31. The molecule has 0 spiro atoms. The minimum Gasteiger partial charge on any atom is -0.482 e. The molecule has 4 rings (SSSR count). The standard InChI is InChI=1S/C21H20O7/c1-24-21(23)15-8-9-25-19(15)11-27-20(22)12-26-13-6-7-18-16(10-13)14-4-2-3-5-17(14)28-18/h6-10H,2-5,11-12H2,1H3. The van der Waals surface area contributed by atoms with Gasteiger partial charge in [-0.3, -0.25) is 0 Å². The molecule has 2 heterocycles. The summed E-state index contributed by atoms with van der Waals surface area (Å²) in [6.45, 7) is -0.423. The molecule has 1 aliphatic rings. The van der Waals surface area contributed by atoms with Gasteiger partial charge in [-0.25, -0.2) is 9.59 Å². The molecule has 0 saturated carbocycles. The van der Waals surface area contributed by atoms with Crippen LogP contribution in [-0.2, 0) is 33.7 Å². The van der Waals surface area contributed by atoms with E-state index in [2.05, 4.69) is 4.74 Å². The minimum atomic E-state index is -0.568. The third kappa shape index (κ3) is 3.60. The molecule has 1 aliphatic carbocycles. The van der Waals surface area contributed by atoms with E-state index in [4.69, 9.17) is 18.3 Å². The summed E-state index contributed by atoms with van der Waals surface area (Å²) in [6.07, 6.45) is 5.61. The van der Waals surface area contributed by atoms with Crippen LogP contribution in [0.1, 0.15) is 40.3 Å². The van der Waals surface area contributed by atoms with E-state index in [9.17, 15) is 9.59 Å². The summed E-state index contributed by atoms with van der Waals surface area (Å²) in [6, 6.07) is 7.00. The van der Waals surface area contributed by atoms with Gasteiger partial charge < -0.3 is 23.0 Å². The van der Waals surface area contributed by atoms with Crippen molar-refractivity contribution >= 4 is 22.9 Å². The van der Waals surface area contributed by atoms with Crippen molar-refractivity contribution in [3.63, 3.8) is 0 Å². The Balaban J connectivity index is 1.36. The van der Waals surface area contributed by atoms with Gasteiger partial charge >= 0.3 is 11.9 Å². The summed E-state index contributed by atoms with van der Waals surface area (Å²) < 4.78 is 26.4. The van der Waals surface area contributed by atoms with Gasteiger partial charge in [0.15, 0.2) is 12.4 Å². The van der Waals surface area contributed by atoms with Crippen molar-refractivity contribution in [3.05, 3.63) is 53.2 Å². The van der Waals surface area contributed by atoms with Gasteiger partial charge in [0.25, 0.3) is 0 Å². The molecule has 0 N–H and O–H groups in total. The van der Waals surface area contributed by atoms with Crippen LogP contribution in [0.3, 0.4) is 0 Å². The Labute approximate surface area is 161 Å². The van der Waals surface area contributed by atoms with Crippen LogP contribution in [0.2, 0.25) is 0 Å². The number of furan rings is 2. The second-order valence-electron chi connectivity index (χ2n) is 6.57. The third-order valence-electron chi connectivity index (χ3n) is 4.80. The van der Waals surface area contributed by atoms with Crippen molar-refractivity contribution in [2.45, 2.75) is 32.3 Å². The van der Waals surface area contributed by atoms with Gasteiger partial charge in [0, 0.05) is 17.4 Å². The first-order chi connectivity index (χ1) is 13.7. The summed E-state index contributed by atoms with van der Waals surface area (Å²) in [5.74, 6) is 0.741. The van der Waals surface area contributed by atoms with Crippen molar-refractivity contribution < 1.29 is 32.6 Å². The van der Waals surface area contributed by atoms with Gasteiger partial charge in [-0.15, -0.1) is 0 Å². The highest BCUT2D eigenvalue weighted by Crippen LogP contribution is 2.33.